The first-order valence-electron chi connectivity index (χ1n) is 4.86. The molecule has 1 N–H and O–H groups in total. The summed E-state index contributed by atoms with van der Waals surface area (Å²) in [5, 5.41) is 8.48. The lowest BCUT2D eigenvalue weighted by molar-refractivity contribution is -0.139. The third kappa shape index (κ3) is 2.65. The molecule has 1 aliphatic heterocycles. The van der Waals surface area contributed by atoms with Gasteiger partial charge in [-0.1, -0.05) is 0 Å². The van der Waals surface area contributed by atoms with E-state index in [1.54, 1.807) is 0 Å². The fourth-order valence-corrected chi connectivity index (χ4v) is 2.59. The molecule has 0 amide bonds. The van der Waals surface area contributed by atoms with E-state index < -0.39 is 5.97 Å². The summed E-state index contributed by atoms with van der Waals surface area (Å²) in [4.78, 5) is 11.6. The molecule has 1 heterocycles. The zero-order valence-electron chi connectivity index (χ0n) is 8.23. The maximum absolute atomic E-state index is 10.3. The zero-order chi connectivity index (χ0) is 10.7. The Labute approximate surface area is 92.4 Å². The number of thioether (sulfide) groups is 1. The Hall–Kier alpha value is -1.16. The Morgan fingerprint density at radius 3 is 3.20 bits per heavy atom. The van der Waals surface area contributed by atoms with E-state index in [0.29, 0.717) is 5.75 Å². The number of fused-ring (bicyclic) bond motifs is 1. The summed E-state index contributed by atoms with van der Waals surface area (Å²) < 4.78 is 5.12. The molecule has 0 saturated carbocycles. The van der Waals surface area contributed by atoms with Gasteiger partial charge in [0.2, 0.25) is 0 Å². The van der Waals surface area contributed by atoms with Gasteiger partial charge in [-0.25, -0.2) is 4.79 Å². The molecule has 1 aromatic carbocycles. The molecule has 0 radical (unpaired) electrons. The van der Waals surface area contributed by atoms with Crippen LogP contribution in [0.2, 0.25) is 0 Å². The minimum atomic E-state index is -0.943. The van der Waals surface area contributed by atoms with Crippen LogP contribution < -0.4 is 4.74 Å². The highest BCUT2D eigenvalue weighted by Crippen LogP contribution is 2.32. The van der Waals surface area contributed by atoms with Crippen molar-refractivity contribution >= 4 is 17.7 Å². The number of carbonyl (C=O) groups is 1. The second-order valence-electron chi connectivity index (χ2n) is 3.40. The highest BCUT2D eigenvalue weighted by Gasteiger charge is 2.10. The lowest BCUT2D eigenvalue weighted by Gasteiger charge is -2.15. The van der Waals surface area contributed by atoms with E-state index in [2.05, 4.69) is 0 Å². The van der Waals surface area contributed by atoms with Crippen molar-refractivity contribution in [3.8, 4) is 5.75 Å². The molecule has 0 unspecified atom stereocenters. The maximum Gasteiger partial charge on any atom is 0.341 e. The Morgan fingerprint density at radius 2 is 2.40 bits per heavy atom. The lowest BCUT2D eigenvalue weighted by atomic mass is 10.1. The van der Waals surface area contributed by atoms with Gasteiger partial charge in [-0.05, 0) is 42.4 Å². The molecule has 1 aromatic rings. The van der Waals surface area contributed by atoms with E-state index in [-0.39, 0.29) is 6.61 Å². The Bertz CT molecular complexity index is 376. The van der Waals surface area contributed by atoms with Crippen LogP contribution in [-0.2, 0) is 11.2 Å². The van der Waals surface area contributed by atoms with Crippen LogP contribution >= 0.6 is 11.8 Å². The van der Waals surface area contributed by atoms with Gasteiger partial charge >= 0.3 is 5.97 Å². The number of benzene rings is 1. The Morgan fingerprint density at radius 1 is 1.53 bits per heavy atom. The number of hydrogen-bond acceptors (Lipinski definition) is 3. The third-order valence-corrected chi connectivity index (χ3v) is 3.44. The summed E-state index contributed by atoms with van der Waals surface area (Å²) in [6.45, 7) is -0.272. The largest absolute Gasteiger partial charge is 0.482 e. The molecule has 3 nitrogen and oxygen atoms in total. The van der Waals surface area contributed by atoms with Crippen molar-refractivity contribution in [3.05, 3.63) is 23.8 Å². The van der Waals surface area contributed by atoms with Crippen molar-refractivity contribution in [1.82, 2.24) is 0 Å². The van der Waals surface area contributed by atoms with Crippen LogP contribution in [0.1, 0.15) is 12.0 Å². The van der Waals surface area contributed by atoms with Crippen molar-refractivity contribution in [2.45, 2.75) is 17.7 Å². The number of aryl methyl sites for hydroxylation is 1. The molecule has 0 fully saturated rings. The van der Waals surface area contributed by atoms with E-state index in [4.69, 9.17) is 9.84 Å². The van der Waals surface area contributed by atoms with Crippen LogP contribution in [0.4, 0.5) is 0 Å². The van der Waals surface area contributed by atoms with Crippen molar-refractivity contribution in [3.63, 3.8) is 0 Å². The second-order valence-corrected chi connectivity index (χ2v) is 4.54. The van der Waals surface area contributed by atoms with E-state index in [1.165, 1.54) is 22.6 Å². The van der Waals surface area contributed by atoms with Crippen LogP contribution in [0, 0.1) is 0 Å². The number of carboxylic acids is 1. The number of ether oxygens (including phenoxy) is 1. The van der Waals surface area contributed by atoms with Gasteiger partial charge in [0.15, 0.2) is 6.61 Å². The molecule has 80 valence electrons. The SMILES string of the molecule is O=C(O)COc1ccc2c(c1)CCCS2. The topological polar surface area (TPSA) is 46.5 Å². The minimum absolute atomic E-state index is 0.272. The van der Waals surface area contributed by atoms with Crippen molar-refractivity contribution in [2.75, 3.05) is 12.4 Å². The molecule has 4 heteroatoms. The van der Waals surface area contributed by atoms with E-state index in [9.17, 15) is 4.79 Å². The predicted molar refractivity (Wildman–Crippen MR) is 58.6 cm³/mol. The first kappa shape index (κ1) is 10.4. The lowest BCUT2D eigenvalue weighted by Crippen LogP contribution is -2.09. The van der Waals surface area contributed by atoms with Crippen LogP contribution in [-0.4, -0.2) is 23.4 Å². The number of aliphatic carboxylic acids is 1. The molecule has 0 spiro atoms. The minimum Gasteiger partial charge on any atom is -0.482 e. The highest BCUT2D eigenvalue weighted by molar-refractivity contribution is 7.99. The average Bonchev–Trinajstić information content (AvgIpc) is 2.26. The molecular formula is C11H12O3S. The number of carboxylic acid groups (broad SMARTS) is 1. The van der Waals surface area contributed by atoms with E-state index >= 15 is 0 Å². The van der Waals surface area contributed by atoms with Gasteiger partial charge in [0.1, 0.15) is 5.75 Å². The maximum atomic E-state index is 10.3. The van der Waals surface area contributed by atoms with Gasteiger partial charge in [0.25, 0.3) is 0 Å². The van der Waals surface area contributed by atoms with Gasteiger partial charge in [0.05, 0.1) is 0 Å². The van der Waals surface area contributed by atoms with Gasteiger partial charge in [-0.2, -0.15) is 0 Å². The van der Waals surface area contributed by atoms with Crippen LogP contribution in [0.3, 0.4) is 0 Å². The standard InChI is InChI=1S/C11H12O3S/c12-11(13)7-14-9-3-4-10-8(6-9)2-1-5-15-10/h3-4,6H,1-2,5,7H2,(H,12,13). The third-order valence-electron chi connectivity index (χ3n) is 2.24. The highest BCUT2D eigenvalue weighted by atomic mass is 32.2. The molecule has 2 rings (SSSR count). The van der Waals surface area contributed by atoms with Crippen LogP contribution in [0.5, 0.6) is 5.75 Å². The number of rotatable bonds is 3. The molecule has 1 aliphatic rings. The summed E-state index contributed by atoms with van der Waals surface area (Å²) in [6, 6.07) is 5.79. The molecule has 0 bridgehead atoms. The Balaban J connectivity index is 2.10. The predicted octanol–water partition coefficient (Wildman–Crippen LogP) is 2.19. The second kappa shape index (κ2) is 4.57. The Kier molecular flexibility index (Phi) is 3.16. The summed E-state index contributed by atoms with van der Waals surface area (Å²) in [5.41, 5.74) is 1.27. The van der Waals surface area contributed by atoms with Gasteiger partial charge in [-0.3, -0.25) is 0 Å². The summed E-state index contributed by atoms with van der Waals surface area (Å²) in [5.74, 6) is 0.878. The average molecular weight is 224 g/mol. The zero-order valence-corrected chi connectivity index (χ0v) is 9.05. The quantitative estimate of drug-likeness (QED) is 0.855. The van der Waals surface area contributed by atoms with Crippen molar-refractivity contribution in [2.24, 2.45) is 0 Å². The summed E-state index contributed by atoms with van der Waals surface area (Å²) >= 11 is 1.85. The van der Waals surface area contributed by atoms with E-state index in [1.807, 2.05) is 30.0 Å². The fourth-order valence-electron chi connectivity index (χ4n) is 1.57. The van der Waals surface area contributed by atoms with Gasteiger partial charge in [-0.15, -0.1) is 11.8 Å². The fraction of sp³-hybridized carbons (Fsp3) is 0.364. The molecule has 0 atom stereocenters. The monoisotopic (exact) mass is 224 g/mol. The molecule has 0 saturated heterocycles. The smallest absolute Gasteiger partial charge is 0.341 e. The van der Waals surface area contributed by atoms with Gasteiger partial charge in [0, 0.05) is 4.90 Å². The first-order chi connectivity index (χ1) is 7.25. The van der Waals surface area contributed by atoms with Gasteiger partial charge < -0.3 is 9.84 Å². The van der Waals surface area contributed by atoms with Crippen molar-refractivity contribution < 1.29 is 14.6 Å². The van der Waals surface area contributed by atoms with E-state index in [0.717, 1.165) is 6.42 Å². The molecule has 15 heavy (non-hydrogen) atoms. The van der Waals surface area contributed by atoms with Crippen LogP contribution in [0.25, 0.3) is 0 Å². The summed E-state index contributed by atoms with van der Waals surface area (Å²) in [7, 11) is 0. The molecule has 0 aromatic heterocycles. The van der Waals surface area contributed by atoms with Crippen molar-refractivity contribution in [1.29, 1.82) is 0 Å². The summed E-state index contributed by atoms with van der Waals surface area (Å²) in [6.07, 6.45) is 2.24. The normalized spacial score (nSPS) is 14.4. The molecular weight excluding hydrogens is 212 g/mol. The molecule has 0 aliphatic carbocycles. The van der Waals surface area contributed by atoms with Crippen LogP contribution in [0.15, 0.2) is 23.1 Å². The first-order valence-corrected chi connectivity index (χ1v) is 5.84. The number of hydrogen-bond donors (Lipinski definition) is 1.